The molecule has 0 radical (unpaired) electrons. The lowest BCUT2D eigenvalue weighted by atomic mass is 9.91. The number of hydrogen-bond acceptors (Lipinski definition) is 7. The van der Waals surface area contributed by atoms with Crippen molar-refractivity contribution in [3.63, 3.8) is 0 Å². The van der Waals surface area contributed by atoms with E-state index in [1.54, 1.807) is 22.7 Å². The summed E-state index contributed by atoms with van der Waals surface area (Å²) in [5.74, 6) is 1.55. The fourth-order valence-corrected chi connectivity index (χ4v) is 5.49. The lowest BCUT2D eigenvalue weighted by Crippen LogP contribution is -2.27. The summed E-state index contributed by atoms with van der Waals surface area (Å²) in [6, 6.07) is 8.88. The number of aryl methyl sites for hydroxylation is 2. The molecule has 144 valence electrons. The van der Waals surface area contributed by atoms with E-state index in [0.717, 1.165) is 51.1 Å². The normalized spacial score (nSPS) is 16.4. The largest absolute Gasteiger partial charge is 0.365 e. The Morgan fingerprint density at radius 1 is 1.17 bits per heavy atom. The monoisotopic (exact) mass is 418 g/mol. The van der Waals surface area contributed by atoms with E-state index < -0.39 is 0 Å². The molecule has 1 aliphatic rings. The van der Waals surface area contributed by atoms with Gasteiger partial charge >= 0.3 is 0 Å². The third-order valence-electron chi connectivity index (χ3n) is 5.48. The van der Waals surface area contributed by atoms with E-state index in [4.69, 9.17) is 9.97 Å². The van der Waals surface area contributed by atoms with Gasteiger partial charge in [0.05, 0.1) is 15.4 Å². The van der Waals surface area contributed by atoms with Gasteiger partial charge in [0.15, 0.2) is 11.6 Å². The summed E-state index contributed by atoms with van der Waals surface area (Å²) in [5.41, 5.74) is 6.71. The van der Waals surface area contributed by atoms with Crippen LogP contribution in [0.4, 0.5) is 5.82 Å². The number of aromatic nitrogens is 5. The zero-order chi connectivity index (χ0) is 19.4. The van der Waals surface area contributed by atoms with Crippen molar-refractivity contribution in [2.24, 2.45) is 0 Å². The molecule has 0 saturated heterocycles. The summed E-state index contributed by atoms with van der Waals surface area (Å²) in [5, 5.41) is 6.03. The first-order valence-corrected chi connectivity index (χ1v) is 11.3. The van der Waals surface area contributed by atoms with Crippen LogP contribution in [0, 0.1) is 6.92 Å². The average Bonchev–Trinajstić information content (AvgIpc) is 3.45. The highest BCUT2D eigenvalue weighted by Gasteiger charge is 2.24. The van der Waals surface area contributed by atoms with Gasteiger partial charge in [-0.25, -0.2) is 19.9 Å². The molecule has 8 heteroatoms. The number of fused-ring (bicyclic) bond motifs is 4. The first-order valence-electron chi connectivity index (χ1n) is 9.63. The molecule has 1 aliphatic carbocycles. The Morgan fingerprint density at radius 3 is 3.00 bits per heavy atom. The fourth-order valence-electron chi connectivity index (χ4n) is 4.12. The number of anilines is 1. The molecule has 0 saturated carbocycles. The van der Waals surface area contributed by atoms with Crippen LogP contribution >= 0.6 is 22.7 Å². The summed E-state index contributed by atoms with van der Waals surface area (Å²) < 4.78 is 0. The molecule has 0 spiro atoms. The van der Waals surface area contributed by atoms with E-state index in [1.807, 2.05) is 18.6 Å². The molecule has 4 heterocycles. The van der Waals surface area contributed by atoms with Gasteiger partial charge in [0.25, 0.3) is 0 Å². The minimum atomic E-state index is 0.317. The van der Waals surface area contributed by atoms with Crippen LogP contribution in [0.3, 0.4) is 0 Å². The molecule has 5 aromatic rings. The quantitative estimate of drug-likeness (QED) is 0.432. The standard InChI is InChI=1S/C21H18N6S2/c1-11-22-9-17(29-11)19-26-20(18-21(27-19)28-10-23-18)24-12-6-7-16-14(8-12)13-4-2-3-5-15(13)25-16/h2-5,9-10,12,25H,6-8H2,1H3,(H,24,26,27)/t12-/m1/s1. The van der Waals surface area contributed by atoms with Gasteiger partial charge in [-0.1, -0.05) is 18.2 Å². The molecular formula is C21H18N6S2. The number of thiazole rings is 2. The summed E-state index contributed by atoms with van der Waals surface area (Å²) >= 11 is 3.16. The zero-order valence-electron chi connectivity index (χ0n) is 15.8. The van der Waals surface area contributed by atoms with E-state index in [0.29, 0.717) is 6.04 Å². The van der Waals surface area contributed by atoms with Gasteiger partial charge in [0, 0.05) is 28.8 Å². The Morgan fingerprint density at radius 2 is 2.10 bits per heavy atom. The molecule has 0 unspecified atom stereocenters. The Kier molecular flexibility index (Phi) is 3.88. The topological polar surface area (TPSA) is 79.4 Å². The van der Waals surface area contributed by atoms with E-state index in [9.17, 15) is 0 Å². The third-order valence-corrected chi connectivity index (χ3v) is 7.10. The van der Waals surface area contributed by atoms with Crippen LogP contribution in [-0.2, 0) is 12.8 Å². The highest BCUT2D eigenvalue weighted by Crippen LogP contribution is 2.33. The summed E-state index contributed by atoms with van der Waals surface area (Å²) in [4.78, 5) is 23.9. The van der Waals surface area contributed by atoms with Crippen molar-refractivity contribution in [2.75, 3.05) is 5.32 Å². The summed E-state index contributed by atoms with van der Waals surface area (Å²) in [6.07, 6.45) is 4.92. The van der Waals surface area contributed by atoms with Crippen LogP contribution < -0.4 is 5.32 Å². The molecule has 4 aromatic heterocycles. The van der Waals surface area contributed by atoms with Gasteiger partial charge in [-0.3, -0.25) is 0 Å². The Labute approximate surface area is 175 Å². The molecule has 1 atom stereocenters. The second-order valence-electron chi connectivity index (χ2n) is 7.36. The van der Waals surface area contributed by atoms with Crippen LogP contribution in [0.2, 0.25) is 0 Å². The maximum Gasteiger partial charge on any atom is 0.174 e. The highest BCUT2D eigenvalue weighted by molar-refractivity contribution is 7.16. The predicted molar refractivity (Wildman–Crippen MR) is 119 cm³/mol. The Hall–Kier alpha value is -2.84. The van der Waals surface area contributed by atoms with Crippen molar-refractivity contribution in [2.45, 2.75) is 32.2 Å². The molecule has 1 aromatic carbocycles. The Bertz CT molecular complexity index is 1350. The molecule has 2 N–H and O–H groups in total. The van der Waals surface area contributed by atoms with Crippen LogP contribution in [0.15, 0.2) is 36.0 Å². The number of rotatable bonds is 3. The third kappa shape index (κ3) is 2.90. The van der Waals surface area contributed by atoms with E-state index in [-0.39, 0.29) is 0 Å². The number of benzene rings is 1. The molecule has 0 fully saturated rings. The van der Waals surface area contributed by atoms with Crippen molar-refractivity contribution >= 4 is 49.7 Å². The van der Waals surface area contributed by atoms with Crippen molar-refractivity contribution in [1.82, 2.24) is 24.9 Å². The van der Waals surface area contributed by atoms with Gasteiger partial charge in [-0.2, -0.15) is 0 Å². The second-order valence-corrected chi connectivity index (χ2v) is 9.43. The average molecular weight is 419 g/mol. The van der Waals surface area contributed by atoms with Crippen molar-refractivity contribution in [1.29, 1.82) is 0 Å². The van der Waals surface area contributed by atoms with Crippen LogP contribution in [0.25, 0.3) is 32.0 Å². The number of nitrogens with one attached hydrogen (secondary N) is 2. The maximum absolute atomic E-state index is 4.84. The first kappa shape index (κ1) is 17.1. The first-order chi connectivity index (χ1) is 14.2. The summed E-state index contributed by atoms with van der Waals surface area (Å²) in [7, 11) is 0. The number of para-hydroxylation sites is 1. The van der Waals surface area contributed by atoms with Crippen LogP contribution in [0.5, 0.6) is 0 Å². The lowest BCUT2D eigenvalue weighted by Gasteiger charge is -2.24. The van der Waals surface area contributed by atoms with Crippen molar-refractivity contribution in [3.8, 4) is 10.7 Å². The minimum absolute atomic E-state index is 0.317. The lowest BCUT2D eigenvalue weighted by molar-refractivity contribution is 0.606. The van der Waals surface area contributed by atoms with Gasteiger partial charge in [0.1, 0.15) is 10.3 Å². The number of aromatic amines is 1. The van der Waals surface area contributed by atoms with Gasteiger partial charge in [0.2, 0.25) is 0 Å². The van der Waals surface area contributed by atoms with E-state index in [1.165, 1.54) is 22.2 Å². The van der Waals surface area contributed by atoms with E-state index >= 15 is 0 Å². The van der Waals surface area contributed by atoms with Gasteiger partial charge in [-0.15, -0.1) is 22.7 Å². The fraction of sp³-hybridized carbons (Fsp3) is 0.238. The summed E-state index contributed by atoms with van der Waals surface area (Å²) in [6.45, 7) is 2.00. The molecule has 6 nitrogen and oxygen atoms in total. The smallest absolute Gasteiger partial charge is 0.174 e. The van der Waals surface area contributed by atoms with Crippen LogP contribution in [-0.4, -0.2) is 31.0 Å². The number of nitrogens with zero attached hydrogens (tertiary/aromatic N) is 4. The van der Waals surface area contributed by atoms with Crippen molar-refractivity contribution in [3.05, 3.63) is 52.2 Å². The number of hydrogen-bond donors (Lipinski definition) is 2. The predicted octanol–water partition coefficient (Wildman–Crippen LogP) is 4.97. The molecule has 6 rings (SSSR count). The minimum Gasteiger partial charge on any atom is -0.365 e. The molecule has 0 aliphatic heterocycles. The molecule has 0 bridgehead atoms. The highest BCUT2D eigenvalue weighted by atomic mass is 32.1. The Balaban J connectivity index is 1.36. The molecule has 29 heavy (non-hydrogen) atoms. The van der Waals surface area contributed by atoms with Crippen LogP contribution in [0.1, 0.15) is 22.7 Å². The van der Waals surface area contributed by atoms with E-state index in [2.05, 4.69) is 44.5 Å². The molecular weight excluding hydrogens is 400 g/mol. The van der Waals surface area contributed by atoms with Crippen molar-refractivity contribution < 1.29 is 0 Å². The maximum atomic E-state index is 4.84. The van der Waals surface area contributed by atoms with Gasteiger partial charge in [-0.05, 0) is 37.8 Å². The second kappa shape index (κ2) is 6.60. The SMILES string of the molecule is Cc1ncc(-c2nc(N[C@@H]3CCc4[nH]c5ccccc5c4C3)c3ncsc3n2)s1. The number of H-pyrrole nitrogens is 1. The molecule has 0 amide bonds. The zero-order valence-corrected chi connectivity index (χ0v) is 17.4. The van der Waals surface area contributed by atoms with Gasteiger partial charge < -0.3 is 10.3 Å².